The van der Waals surface area contributed by atoms with Gasteiger partial charge in [-0.15, -0.1) is 0 Å². The summed E-state index contributed by atoms with van der Waals surface area (Å²) in [7, 11) is 1.59. The molecule has 0 aromatic carbocycles. The first kappa shape index (κ1) is 57.2. The fraction of sp³-hybridized carbons (Fsp3) is 0.780. The van der Waals surface area contributed by atoms with Crippen molar-refractivity contribution in [1.29, 1.82) is 0 Å². The van der Waals surface area contributed by atoms with Gasteiger partial charge >= 0.3 is 7.82 Å². The molecular weight excluding hydrogens is 756 g/mol. The number of aliphatic hydroxyl groups excluding tert-OH is 1. The molecule has 59 heavy (non-hydrogen) atoms. The minimum Gasteiger partial charge on any atom is -0.391 e. The number of likely N-dealkylation sites (N-methyl/N-ethyl adjacent to an activating group) is 1. The molecule has 0 bridgehead atoms. The Morgan fingerprint density at radius 2 is 1.02 bits per heavy atom. The molecule has 0 rings (SSSR count). The van der Waals surface area contributed by atoms with Crippen LogP contribution in [-0.2, 0) is 18.4 Å². The van der Waals surface area contributed by atoms with Crippen LogP contribution in [0.4, 0.5) is 0 Å². The van der Waals surface area contributed by atoms with Crippen LogP contribution < -0.4 is 5.32 Å². The fourth-order valence-corrected chi connectivity index (χ4v) is 7.46. The number of phosphoric ester groups is 1. The predicted octanol–water partition coefficient (Wildman–Crippen LogP) is 13.8. The van der Waals surface area contributed by atoms with Gasteiger partial charge in [0.15, 0.2) is 0 Å². The standard InChI is InChI=1S/C50H93N2O6P/c1-6-8-10-12-14-16-18-20-22-24-26-28-30-32-34-36-38-40-42-44-50(54)51-48(47-58-59(55,56)57-46-45-52(3,4)5)49(53)43-41-39-37-35-33-31-29-27-25-23-21-19-17-15-13-11-9-7-2/h8,10,14,16,20,22,26,28,32,34,48-49,53H,6-7,9,11-13,15,17-19,21,23-25,27,29-31,33,35-47H2,1-5H3,(H-,51,54,55,56)/p+1/b10-8-,16-14-,22-20-,28-26-,34-32-. The third-order valence-corrected chi connectivity index (χ3v) is 11.5. The molecular formula is C50H94N2O6P+. The summed E-state index contributed by atoms with van der Waals surface area (Å²) >= 11 is 0. The average Bonchev–Trinajstić information content (AvgIpc) is 3.19. The number of rotatable bonds is 43. The Labute approximate surface area is 364 Å². The molecule has 9 heteroatoms. The summed E-state index contributed by atoms with van der Waals surface area (Å²) in [6, 6.07) is -0.780. The third-order valence-electron chi connectivity index (χ3n) is 10.5. The Morgan fingerprint density at radius 3 is 1.47 bits per heavy atom. The molecule has 0 aliphatic rings. The highest BCUT2D eigenvalue weighted by Gasteiger charge is 2.28. The van der Waals surface area contributed by atoms with E-state index in [9.17, 15) is 19.4 Å². The molecule has 0 radical (unpaired) electrons. The van der Waals surface area contributed by atoms with E-state index in [-0.39, 0.29) is 19.1 Å². The summed E-state index contributed by atoms with van der Waals surface area (Å²) in [5.41, 5.74) is 0. The van der Waals surface area contributed by atoms with Gasteiger partial charge in [0.1, 0.15) is 13.2 Å². The van der Waals surface area contributed by atoms with Gasteiger partial charge in [-0.2, -0.15) is 0 Å². The van der Waals surface area contributed by atoms with Crippen LogP contribution in [0, 0.1) is 0 Å². The van der Waals surface area contributed by atoms with Gasteiger partial charge in [0.2, 0.25) is 5.91 Å². The number of phosphoric acid groups is 1. The summed E-state index contributed by atoms with van der Waals surface area (Å²) in [5.74, 6) is -0.177. The van der Waals surface area contributed by atoms with E-state index in [1.54, 1.807) is 0 Å². The normalized spacial score (nSPS) is 14.8. The highest BCUT2D eigenvalue weighted by Crippen LogP contribution is 2.43. The van der Waals surface area contributed by atoms with Crippen molar-refractivity contribution in [3.63, 3.8) is 0 Å². The van der Waals surface area contributed by atoms with Crippen LogP contribution in [0.2, 0.25) is 0 Å². The van der Waals surface area contributed by atoms with Crippen molar-refractivity contribution in [2.75, 3.05) is 40.9 Å². The van der Waals surface area contributed by atoms with Crippen LogP contribution in [-0.4, -0.2) is 73.4 Å². The maximum atomic E-state index is 12.9. The van der Waals surface area contributed by atoms with E-state index in [2.05, 4.69) is 79.9 Å². The molecule has 1 amide bonds. The maximum absolute atomic E-state index is 12.9. The van der Waals surface area contributed by atoms with Gasteiger partial charge in [0.05, 0.1) is 39.9 Å². The zero-order valence-electron chi connectivity index (χ0n) is 39.0. The Balaban J connectivity index is 4.39. The molecule has 0 heterocycles. The van der Waals surface area contributed by atoms with Crippen molar-refractivity contribution in [2.24, 2.45) is 0 Å². The van der Waals surface area contributed by atoms with Crippen molar-refractivity contribution in [1.82, 2.24) is 5.32 Å². The first-order valence-electron chi connectivity index (χ1n) is 24.2. The highest BCUT2D eigenvalue weighted by molar-refractivity contribution is 7.47. The average molecular weight is 850 g/mol. The summed E-state index contributed by atoms with van der Waals surface area (Å²) in [4.78, 5) is 23.2. The quantitative estimate of drug-likeness (QED) is 0.0244. The van der Waals surface area contributed by atoms with Gasteiger partial charge in [-0.3, -0.25) is 13.8 Å². The van der Waals surface area contributed by atoms with Crippen LogP contribution in [0.1, 0.15) is 200 Å². The molecule has 0 spiro atoms. The van der Waals surface area contributed by atoms with Crippen LogP contribution in [0.25, 0.3) is 0 Å². The van der Waals surface area contributed by atoms with Gasteiger partial charge in [0, 0.05) is 6.42 Å². The molecule has 0 aromatic heterocycles. The predicted molar refractivity (Wildman–Crippen MR) is 254 cm³/mol. The van der Waals surface area contributed by atoms with Gasteiger partial charge in [-0.1, -0.05) is 197 Å². The molecule has 3 N–H and O–H groups in total. The number of amides is 1. The van der Waals surface area contributed by atoms with Crippen LogP contribution >= 0.6 is 7.82 Å². The number of aliphatic hydroxyl groups is 1. The Bertz CT molecular complexity index is 1140. The van der Waals surface area contributed by atoms with Crippen LogP contribution in [0.15, 0.2) is 60.8 Å². The minimum absolute atomic E-state index is 0.0653. The number of carbonyl (C=O) groups excluding carboxylic acids is 1. The number of nitrogens with one attached hydrogen (secondary N) is 1. The molecule has 0 aliphatic carbocycles. The van der Waals surface area contributed by atoms with Gasteiger partial charge in [-0.05, 0) is 57.8 Å². The number of hydrogen-bond donors (Lipinski definition) is 3. The second-order valence-corrected chi connectivity index (χ2v) is 18.9. The smallest absolute Gasteiger partial charge is 0.391 e. The molecule has 0 aliphatic heterocycles. The summed E-state index contributed by atoms with van der Waals surface area (Å²) < 4.78 is 23.7. The number of hydrogen-bond acceptors (Lipinski definition) is 5. The minimum atomic E-state index is -4.33. The van der Waals surface area contributed by atoms with E-state index in [0.717, 1.165) is 77.0 Å². The number of nitrogens with zero attached hydrogens (tertiary/aromatic N) is 1. The molecule has 0 aromatic rings. The lowest BCUT2D eigenvalue weighted by atomic mass is 10.0. The molecule has 0 fully saturated rings. The topological polar surface area (TPSA) is 105 Å². The summed E-state index contributed by atoms with van der Waals surface area (Å²) in [6.45, 7) is 4.75. The monoisotopic (exact) mass is 850 g/mol. The van der Waals surface area contributed by atoms with Crippen molar-refractivity contribution >= 4 is 13.7 Å². The first-order chi connectivity index (χ1) is 28.5. The van der Waals surface area contributed by atoms with Crippen molar-refractivity contribution < 1.29 is 32.9 Å². The van der Waals surface area contributed by atoms with Gasteiger partial charge in [0.25, 0.3) is 0 Å². The number of carbonyl (C=O) groups is 1. The molecule has 8 nitrogen and oxygen atoms in total. The van der Waals surface area contributed by atoms with E-state index in [1.165, 1.54) is 96.3 Å². The van der Waals surface area contributed by atoms with E-state index >= 15 is 0 Å². The van der Waals surface area contributed by atoms with Crippen molar-refractivity contribution in [3.05, 3.63) is 60.8 Å². The van der Waals surface area contributed by atoms with Crippen molar-refractivity contribution in [2.45, 2.75) is 212 Å². The van der Waals surface area contributed by atoms with E-state index in [0.29, 0.717) is 23.9 Å². The second kappa shape index (κ2) is 41.5. The van der Waals surface area contributed by atoms with Crippen LogP contribution in [0.5, 0.6) is 0 Å². The molecule has 0 saturated carbocycles. The molecule has 344 valence electrons. The highest BCUT2D eigenvalue weighted by atomic mass is 31.2. The summed E-state index contributed by atoms with van der Waals surface area (Å²) in [6.07, 6.45) is 53.9. The second-order valence-electron chi connectivity index (χ2n) is 17.5. The zero-order valence-corrected chi connectivity index (χ0v) is 39.9. The molecule has 3 atom stereocenters. The lowest BCUT2D eigenvalue weighted by molar-refractivity contribution is -0.870. The fourth-order valence-electron chi connectivity index (χ4n) is 6.72. The van der Waals surface area contributed by atoms with Crippen molar-refractivity contribution in [3.8, 4) is 0 Å². The first-order valence-corrected chi connectivity index (χ1v) is 25.6. The van der Waals surface area contributed by atoms with Gasteiger partial charge < -0.3 is 19.8 Å². The Hall–Kier alpha value is -1.80. The molecule has 3 unspecified atom stereocenters. The summed E-state index contributed by atoms with van der Waals surface area (Å²) in [5, 5.41) is 14.0. The third kappa shape index (κ3) is 44.1. The number of unbranched alkanes of at least 4 members (excludes halogenated alkanes) is 20. The zero-order chi connectivity index (χ0) is 43.6. The Kier molecular flexibility index (Phi) is 40.3. The van der Waals surface area contributed by atoms with Crippen LogP contribution in [0.3, 0.4) is 0 Å². The molecule has 0 saturated heterocycles. The Morgan fingerprint density at radius 1 is 0.593 bits per heavy atom. The number of allylic oxidation sites excluding steroid dienone is 10. The van der Waals surface area contributed by atoms with E-state index in [1.807, 2.05) is 21.1 Å². The largest absolute Gasteiger partial charge is 0.472 e. The lowest BCUT2D eigenvalue weighted by Gasteiger charge is -2.26. The maximum Gasteiger partial charge on any atom is 0.472 e. The SMILES string of the molecule is CC/C=C\C/C=C\C/C=C\C/C=C\C/C=C\CCCCCC(=O)NC(COP(=O)(O)OCC[N+](C)(C)C)C(O)CCCCCCCCCCCCCCCCCCCC. The van der Waals surface area contributed by atoms with Gasteiger partial charge in [-0.25, -0.2) is 4.57 Å². The van der Waals surface area contributed by atoms with E-state index in [4.69, 9.17) is 9.05 Å². The van der Waals surface area contributed by atoms with E-state index < -0.39 is 20.0 Å². The number of quaternary nitrogens is 1. The lowest BCUT2D eigenvalue weighted by Crippen LogP contribution is -2.46.